The number of sulfonamides is 1. The second-order valence-corrected chi connectivity index (χ2v) is 10.1. The van der Waals surface area contributed by atoms with Crippen LogP contribution in [0.25, 0.3) is 0 Å². The maximum atomic E-state index is 12.5. The maximum Gasteiger partial charge on any atom is 0.243 e. The molecule has 0 amide bonds. The Morgan fingerprint density at radius 1 is 1.17 bits per heavy atom. The van der Waals surface area contributed by atoms with E-state index in [9.17, 15) is 8.42 Å². The molecule has 162 valence electrons. The summed E-state index contributed by atoms with van der Waals surface area (Å²) in [6.45, 7) is 8.91. The fourth-order valence-corrected chi connectivity index (χ4v) is 4.64. The molecule has 0 aliphatic heterocycles. The quantitative estimate of drug-likeness (QED) is 0.314. The van der Waals surface area contributed by atoms with Gasteiger partial charge in [-0.25, -0.2) is 13.4 Å². The van der Waals surface area contributed by atoms with E-state index in [0.29, 0.717) is 23.9 Å². The van der Waals surface area contributed by atoms with Crippen LogP contribution in [0.4, 0.5) is 0 Å². The van der Waals surface area contributed by atoms with Crippen molar-refractivity contribution in [3.05, 3.63) is 45.4 Å². The Morgan fingerprint density at radius 2 is 1.76 bits per heavy atom. The third-order valence-corrected chi connectivity index (χ3v) is 7.61. The van der Waals surface area contributed by atoms with Crippen LogP contribution in [0.1, 0.15) is 35.0 Å². The molecule has 29 heavy (non-hydrogen) atoms. The number of hydrogen-bond donors (Lipinski definition) is 2. The zero-order valence-corrected chi connectivity index (χ0v) is 21.6. The van der Waals surface area contributed by atoms with Gasteiger partial charge in [-0.05, 0) is 45.4 Å². The number of aliphatic imine (C=N–C) groups is 1. The number of guanidine groups is 1. The van der Waals surface area contributed by atoms with E-state index in [2.05, 4.69) is 27.5 Å². The van der Waals surface area contributed by atoms with Crippen molar-refractivity contribution in [3.8, 4) is 0 Å². The Kier molecular flexibility index (Phi) is 9.99. The summed E-state index contributed by atoms with van der Waals surface area (Å²) in [4.78, 5) is 10.2. The fourth-order valence-electron chi connectivity index (χ4n) is 2.40. The van der Waals surface area contributed by atoms with Crippen LogP contribution in [0.3, 0.4) is 0 Å². The Bertz CT molecular complexity index is 905. The lowest BCUT2D eigenvalue weighted by Gasteiger charge is -2.21. The number of aryl methyl sites for hydroxylation is 2. The second-order valence-electron chi connectivity index (χ2n) is 6.79. The third kappa shape index (κ3) is 6.90. The number of halogens is 1. The average molecular weight is 552 g/mol. The van der Waals surface area contributed by atoms with Crippen molar-refractivity contribution in [1.29, 1.82) is 0 Å². The standard InChI is InChI=1S/C19H29N5O2S2.HI/c1-13(2)24(6)28(25,26)17-9-7-16(8-10-17)11-21-19(20-5)22-12-18-23-14(3)15(4)27-18;/h7-10,13H,11-12H2,1-6H3,(H2,20,21,22);1H. The highest BCUT2D eigenvalue weighted by atomic mass is 127. The van der Waals surface area contributed by atoms with E-state index < -0.39 is 10.0 Å². The zero-order valence-electron chi connectivity index (χ0n) is 17.7. The van der Waals surface area contributed by atoms with Crippen LogP contribution in [-0.2, 0) is 23.1 Å². The van der Waals surface area contributed by atoms with Crippen molar-refractivity contribution < 1.29 is 8.42 Å². The summed E-state index contributed by atoms with van der Waals surface area (Å²) < 4.78 is 26.4. The third-order valence-electron chi connectivity index (χ3n) is 4.49. The predicted molar refractivity (Wildman–Crippen MR) is 131 cm³/mol. The Morgan fingerprint density at radius 3 is 2.24 bits per heavy atom. The SMILES string of the molecule is CN=C(NCc1ccc(S(=O)(=O)N(C)C(C)C)cc1)NCc1nc(C)c(C)s1.I. The number of nitrogens with zero attached hydrogens (tertiary/aromatic N) is 3. The van der Waals surface area contributed by atoms with Crippen LogP contribution in [0.2, 0.25) is 0 Å². The van der Waals surface area contributed by atoms with Crippen molar-refractivity contribution in [1.82, 2.24) is 19.9 Å². The molecule has 2 rings (SSSR count). The summed E-state index contributed by atoms with van der Waals surface area (Å²) in [6, 6.07) is 6.82. The summed E-state index contributed by atoms with van der Waals surface area (Å²) in [6.07, 6.45) is 0. The van der Waals surface area contributed by atoms with E-state index in [-0.39, 0.29) is 30.0 Å². The van der Waals surface area contributed by atoms with E-state index in [1.807, 2.05) is 32.9 Å². The van der Waals surface area contributed by atoms with Gasteiger partial charge < -0.3 is 10.6 Å². The van der Waals surface area contributed by atoms with Gasteiger partial charge in [-0.3, -0.25) is 4.99 Å². The van der Waals surface area contributed by atoms with Crippen molar-refractivity contribution in [2.45, 2.75) is 51.7 Å². The lowest BCUT2D eigenvalue weighted by molar-refractivity contribution is 0.410. The smallest absolute Gasteiger partial charge is 0.243 e. The van der Waals surface area contributed by atoms with Gasteiger partial charge in [-0.15, -0.1) is 35.3 Å². The molecular weight excluding hydrogens is 521 g/mol. The largest absolute Gasteiger partial charge is 0.352 e. The van der Waals surface area contributed by atoms with Crippen LogP contribution in [0, 0.1) is 13.8 Å². The summed E-state index contributed by atoms with van der Waals surface area (Å²) in [7, 11) is -0.153. The van der Waals surface area contributed by atoms with Crippen LogP contribution < -0.4 is 10.6 Å². The van der Waals surface area contributed by atoms with E-state index in [1.54, 1.807) is 37.6 Å². The molecule has 0 bridgehead atoms. The van der Waals surface area contributed by atoms with Gasteiger partial charge in [0, 0.05) is 31.6 Å². The van der Waals surface area contributed by atoms with E-state index in [1.165, 1.54) is 9.18 Å². The summed E-state index contributed by atoms with van der Waals surface area (Å²) in [5.41, 5.74) is 2.03. The molecule has 0 radical (unpaired) electrons. The van der Waals surface area contributed by atoms with Crippen LogP contribution >= 0.6 is 35.3 Å². The molecule has 7 nitrogen and oxygen atoms in total. The van der Waals surface area contributed by atoms with E-state index in [4.69, 9.17) is 0 Å². The molecular formula is C19H30IN5O2S2. The number of thiazole rings is 1. The first-order valence-corrected chi connectivity index (χ1v) is 11.3. The summed E-state index contributed by atoms with van der Waals surface area (Å²) >= 11 is 1.67. The fraction of sp³-hybridized carbons (Fsp3) is 0.474. The molecule has 0 saturated carbocycles. The number of benzene rings is 1. The number of nitrogens with one attached hydrogen (secondary N) is 2. The highest BCUT2D eigenvalue weighted by Gasteiger charge is 2.22. The molecule has 0 fully saturated rings. The van der Waals surface area contributed by atoms with Crippen LogP contribution in [-0.4, -0.2) is 43.8 Å². The molecule has 0 aliphatic carbocycles. The average Bonchev–Trinajstić information content (AvgIpc) is 2.99. The highest BCUT2D eigenvalue weighted by Crippen LogP contribution is 2.17. The maximum absolute atomic E-state index is 12.5. The minimum absolute atomic E-state index is 0. The Labute approximate surface area is 195 Å². The minimum atomic E-state index is -3.46. The number of rotatable bonds is 7. The lowest BCUT2D eigenvalue weighted by Crippen LogP contribution is -2.36. The van der Waals surface area contributed by atoms with Gasteiger partial charge in [0.15, 0.2) is 5.96 Å². The van der Waals surface area contributed by atoms with Gasteiger partial charge in [0.2, 0.25) is 10.0 Å². The van der Waals surface area contributed by atoms with Crippen molar-refractivity contribution in [2.75, 3.05) is 14.1 Å². The first-order chi connectivity index (χ1) is 13.1. The van der Waals surface area contributed by atoms with Crippen molar-refractivity contribution in [3.63, 3.8) is 0 Å². The molecule has 0 unspecified atom stereocenters. The first-order valence-electron chi connectivity index (χ1n) is 9.09. The predicted octanol–water partition coefficient (Wildman–Crippen LogP) is 3.27. The zero-order chi connectivity index (χ0) is 20.9. The summed E-state index contributed by atoms with van der Waals surface area (Å²) in [5.74, 6) is 0.668. The highest BCUT2D eigenvalue weighted by molar-refractivity contribution is 14.0. The molecule has 2 aromatic rings. The van der Waals surface area contributed by atoms with Gasteiger partial charge in [-0.1, -0.05) is 12.1 Å². The molecule has 1 aromatic carbocycles. The molecule has 0 atom stereocenters. The Hall–Kier alpha value is -1.24. The molecule has 2 N–H and O–H groups in total. The molecule has 0 saturated heterocycles. The van der Waals surface area contributed by atoms with Gasteiger partial charge >= 0.3 is 0 Å². The summed E-state index contributed by atoms with van der Waals surface area (Å²) in [5, 5.41) is 7.49. The van der Waals surface area contributed by atoms with Gasteiger partial charge in [0.05, 0.1) is 17.1 Å². The molecule has 1 aromatic heterocycles. The molecule has 0 spiro atoms. The monoisotopic (exact) mass is 551 g/mol. The number of hydrogen-bond acceptors (Lipinski definition) is 5. The molecule has 1 heterocycles. The lowest BCUT2D eigenvalue weighted by atomic mass is 10.2. The van der Waals surface area contributed by atoms with Crippen molar-refractivity contribution >= 4 is 51.3 Å². The minimum Gasteiger partial charge on any atom is -0.352 e. The van der Waals surface area contributed by atoms with Gasteiger partial charge in [0.25, 0.3) is 0 Å². The second kappa shape index (κ2) is 11.2. The van der Waals surface area contributed by atoms with Gasteiger partial charge in [0.1, 0.15) is 5.01 Å². The topological polar surface area (TPSA) is 86.7 Å². The first kappa shape index (κ1) is 25.8. The molecule has 10 heteroatoms. The normalized spacial score (nSPS) is 12.2. The van der Waals surface area contributed by atoms with E-state index >= 15 is 0 Å². The van der Waals surface area contributed by atoms with Gasteiger partial charge in [-0.2, -0.15) is 4.31 Å². The Balaban J connectivity index is 0.00000420. The molecule has 0 aliphatic rings. The number of aromatic nitrogens is 1. The van der Waals surface area contributed by atoms with Crippen LogP contribution in [0.15, 0.2) is 34.2 Å². The van der Waals surface area contributed by atoms with Crippen LogP contribution in [0.5, 0.6) is 0 Å². The van der Waals surface area contributed by atoms with E-state index in [0.717, 1.165) is 16.3 Å². The van der Waals surface area contributed by atoms with Crippen molar-refractivity contribution in [2.24, 2.45) is 4.99 Å².